The SMILES string of the molecule is CCC(=O)CCCCC[C@H](NC(=O)C1=NOC2(CCN(C)CC2)C1)c1ncc(-c2cc3ccc(C)nc3cc2OC)o1. The monoisotopic (exact) mass is 575 g/mol. The molecular weight excluding hydrogens is 534 g/mol. The van der Waals surface area contributed by atoms with Crippen LogP contribution in [0.1, 0.15) is 82.3 Å². The average molecular weight is 576 g/mol. The minimum absolute atomic E-state index is 0.263. The number of hydrogen-bond acceptors (Lipinski definition) is 9. The molecule has 4 heterocycles. The molecule has 1 N–H and O–H groups in total. The number of piperidine rings is 1. The summed E-state index contributed by atoms with van der Waals surface area (Å²) in [5.74, 6) is 1.60. The Labute approximate surface area is 246 Å². The highest BCUT2D eigenvalue weighted by atomic mass is 16.7. The Balaban J connectivity index is 1.33. The van der Waals surface area contributed by atoms with Crippen LogP contribution in [0.15, 0.2) is 40.0 Å². The summed E-state index contributed by atoms with van der Waals surface area (Å²) in [6.07, 6.45) is 8.12. The van der Waals surface area contributed by atoms with E-state index < -0.39 is 11.6 Å². The van der Waals surface area contributed by atoms with Gasteiger partial charge in [0.15, 0.2) is 5.76 Å². The number of carbonyl (C=O) groups excluding carboxylic acids is 2. The van der Waals surface area contributed by atoms with Gasteiger partial charge in [0.1, 0.15) is 28.9 Å². The zero-order valence-electron chi connectivity index (χ0n) is 25.1. The molecule has 5 rings (SSSR count). The molecule has 0 unspecified atom stereocenters. The number of oxime groups is 1. The van der Waals surface area contributed by atoms with Gasteiger partial charge in [0, 0.05) is 62.3 Å². The summed E-state index contributed by atoms with van der Waals surface area (Å²) >= 11 is 0. The summed E-state index contributed by atoms with van der Waals surface area (Å²) in [5.41, 5.74) is 2.54. The number of hydrogen-bond donors (Lipinski definition) is 1. The van der Waals surface area contributed by atoms with Crippen LogP contribution in [0.25, 0.3) is 22.2 Å². The van der Waals surface area contributed by atoms with Gasteiger partial charge in [-0.3, -0.25) is 14.6 Å². The molecule has 224 valence electrons. The Bertz CT molecular complexity index is 1460. The normalized spacial score (nSPS) is 17.2. The minimum Gasteiger partial charge on any atom is -0.496 e. The molecular formula is C32H41N5O5. The van der Waals surface area contributed by atoms with Crippen molar-refractivity contribution in [1.29, 1.82) is 0 Å². The van der Waals surface area contributed by atoms with Crippen LogP contribution < -0.4 is 10.1 Å². The van der Waals surface area contributed by atoms with Crippen LogP contribution in [-0.2, 0) is 14.4 Å². The zero-order valence-corrected chi connectivity index (χ0v) is 25.1. The number of nitrogens with one attached hydrogen (secondary N) is 1. The van der Waals surface area contributed by atoms with Crippen molar-refractivity contribution in [2.45, 2.75) is 83.3 Å². The van der Waals surface area contributed by atoms with Crippen molar-refractivity contribution in [2.75, 3.05) is 27.2 Å². The smallest absolute Gasteiger partial charge is 0.269 e. The molecule has 3 aromatic rings. The summed E-state index contributed by atoms with van der Waals surface area (Å²) in [6.45, 7) is 5.68. The lowest BCUT2D eigenvalue weighted by atomic mass is 9.87. The lowest BCUT2D eigenvalue weighted by Crippen LogP contribution is -2.44. The molecule has 10 nitrogen and oxygen atoms in total. The van der Waals surface area contributed by atoms with Crippen LogP contribution in [0.4, 0.5) is 0 Å². The van der Waals surface area contributed by atoms with Gasteiger partial charge in [-0.2, -0.15) is 0 Å². The highest BCUT2D eigenvalue weighted by Crippen LogP contribution is 2.37. The van der Waals surface area contributed by atoms with E-state index in [0.29, 0.717) is 48.8 Å². The third kappa shape index (κ3) is 6.81. The number of likely N-dealkylation sites (tertiary alicyclic amines) is 1. The molecule has 2 aliphatic heterocycles. The fourth-order valence-electron chi connectivity index (χ4n) is 5.65. The van der Waals surface area contributed by atoms with E-state index in [1.54, 1.807) is 13.3 Å². The van der Waals surface area contributed by atoms with Crippen molar-refractivity contribution in [2.24, 2.45) is 5.16 Å². The van der Waals surface area contributed by atoms with E-state index in [2.05, 4.69) is 32.4 Å². The predicted molar refractivity (Wildman–Crippen MR) is 160 cm³/mol. The van der Waals surface area contributed by atoms with Crippen molar-refractivity contribution in [3.8, 4) is 17.1 Å². The molecule has 1 fully saturated rings. The minimum atomic E-state index is -0.458. The quantitative estimate of drug-likeness (QED) is 0.280. The third-order valence-corrected chi connectivity index (χ3v) is 8.38. The number of pyridine rings is 1. The van der Waals surface area contributed by atoms with Crippen LogP contribution in [0.3, 0.4) is 0 Å². The van der Waals surface area contributed by atoms with E-state index >= 15 is 0 Å². The molecule has 2 aromatic heterocycles. The molecule has 0 bridgehead atoms. The number of fused-ring (bicyclic) bond motifs is 1. The van der Waals surface area contributed by atoms with Crippen molar-refractivity contribution in [3.05, 3.63) is 42.0 Å². The van der Waals surface area contributed by atoms with Crippen LogP contribution in [0.2, 0.25) is 0 Å². The number of nitrogens with zero attached hydrogens (tertiary/aromatic N) is 4. The molecule has 0 radical (unpaired) electrons. The highest BCUT2D eigenvalue weighted by molar-refractivity contribution is 6.39. The van der Waals surface area contributed by atoms with Gasteiger partial charge in [0.2, 0.25) is 5.89 Å². The number of rotatable bonds is 12. The molecule has 0 saturated carbocycles. The highest BCUT2D eigenvalue weighted by Gasteiger charge is 2.43. The number of oxazole rings is 1. The van der Waals surface area contributed by atoms with E-state index in [1.165, 1.54) is 0 Å². The van der Waals surface area contributed by atoms with Crippen molar-refractivity contribution >= 4 is 28.3 Å². The van der Waals surface area contributed by atoms with Crippen LogP contribution >= 0.6 is 0 Å². The van der Waals surface area contributed by atoms with E-state index in [4.69, 9.17) is 14.0 Å². The van der Waals surface area contributed by atoms with Gasteiger partial charge in [-0.25, -0.2) is 4.98 Å². The zero-order chi connectivity index (χ0) is 29.7. The number of unbranched alkanes of at least 4 members (excludes halogenated alkanes) is 2. The molecule has 2 aliphatic rings. The topological polar surface area (TPSA) is 119 Å². The number of aryl methyl sites for hydroxylation is 1. The largest absolute Gasteiger partial charge is 0.496 e. The molecule has 1 atom stereocenters. The third-order valence-electron chi connectivity index (χ3n) is 8.38. The summed E-state index contributed by atoms with van der Waals surface area (Å²) < 4.78 is 12.0. The number of benzene rings is 1. The number of methoxy groups -OCH3 is 1. The van der Waals surface area contributed by atoms with Gasteiger partial charge >= 0.3 is 0 Å². The first-order valence-corrected chi connectivity index (χ1v) is 15.0. The molecule has 1 spiro atoms. The second kappa shape index (κ2) is 13.0. The summed E-state index contributed by atoms with van der Waals surface area (Å²) in [6, 6.07) is 7.41. The van der Waals surface area contributed by atoms with Gasteiger partial charge in [0.25, 0.3) is 5.91 Å². The van der Waals surface area contributed by atoms with E-state index in [1.807, 2.05) is 38.1 Å². The van der Waals surface area contributed by atoms with Crippen LogP contribution in [0.5, 0.6) is 5.75 Å². The van der Waals surface area contributed by atoms with Gasteiger partial charge in [-0.05, 0) is 38.9 Å². The standard InChI is InChI=1S/C32H41N5O5/c1-5-23(38)9-7-6-8-10-25(35-30(39)27-19-32(42-36-27)13-15-37(3)16-14-32)31-33-20-29(41-31)24-17-22-12-11-21(2)34-26(22)18-28(24)40-4/h11-12,17-18,20,25H,5-10,13-16,19H2,1-4H3,(H,35,39)/t25-/m0/s1. The molecule has 1 aromatic carbocycles. The number of ketones is 1. The first-order valence-electron chi connectivity index (χ1n) is 15.0. The number of ether oxygens (including phenoxy) is 1. The molecule has 1 saturated heterocycles. The lowest BCUT2D eigenvalue weighted by molar-refractivity contribution is -0.119. The first kappa shape index (κ1) is 29.7. The number of Topliss-reactive ketones (excluding diaryl/α,β-unsaturated/α-hetero) is 1. The summed E-state index contributed by atoms with van der Waals surface area (Å²) in [5, 5.41) is 8.29. The molecule has 0 aliphatic carbocycles. The predicted octanol–water partition coefficient (Wildman–Crippen LogP) is 5.53. The Kier molecular flexibility index (Phi) is 9.21. The van der Waals surface area contributed by atoms with Crippen molar-refractivity contribution < 1.29 is 23.6 Å². The average Bonchev–Trinajstić information content (AvgIpc) is 3.65. The second-order valence-corrected chi connectivity index (χ2v) is 11.6. The Morgan fingerprint density at radius 2 is 1.98 bits per heavy atom. The van der Waals surface area contributed by atoms with E-state index in [-0.39, 0.29) is 11.7 Å². The maximum Gasteiger partial charge on any atom is 0.269 e. The Morgan fingerprint density at radius 3 is 2.74 bits per heavy atom. The van der Waals surface area contributed by atoms with Gasteiger partial charge in [-0.1, -0.05) is 31.0 Å². The molecule has 42 heavy (non-hydrogen) atoms. The van der Waals surface area contributed by atoms with Crippen molar-refractivity contribution in [1.82, 2.24) is 20.2 Å². The van der Waals surface area contributed by atoms with Gasteiger partial charge in [0.05, 0.1) is 24.4 Å². The molecule has 10 heteroatoms. The Morgan fingerprint density at radius 1 is 1.17 bits per heavy atom. The maximum absolute atomic E-state index is 13.4. The second-order valence-electron chi connectivity index (χ2n) is 11.6. The number of amides is 1. The van der Waals surface area contributed by atoms with Gasteiger partial charge in [-0.15, -0.1) is 0 Å². The molecule has 1 amide bonds. The summed E-state index contributed by atoms with van der Waals surface area (Å²) in [7, 11) is 3.71. The van der Waals surface area contributed by atoms with Crippen molar-refractivity contribution in [3.63, 3.8) is 0 Å². The number of aromatic nitrogens is 2. The Hall–Kier alpha value is -3.79. The van der Waals surface area contributed by atoms with Crippen LogP contribution in [-0.4, -0.2) is 65.1 Å². The first-order chi connectivity index (χ1) is 20.3. The van der Waals surface area contributed by atoms with E-state index in [9.17, 15) is 9.59 Å². The summed E-state index contributed by atoms with van der Waals surface area (Å²) in [4.78, 5) is 42.4. The fourth-order valence-corrected chi connectivity index (χ4v) is 5.65. The van der Waals surface area contributed by atoms with Crippen LogP contribution in [0, 0.1) is 6.92 Å². The van der Waals surface area contributed by atoms with Gasteiger partial charge < -0.3 is 24.2 Å². The maximum atomic E-state index is 13.4. The fraction of sp³-hybridized carbons (Fsp3) is 0.531. The lowest BCUT2D eigenvalue weighted by Gasteiger charge is -2.35. The number of carbonyl (C=O) groups is 2. The van der Waals surface area contributed by atoms with E-state index in [0.717, 1.165) is 67.4 Å².